The van der Waals surface area contributed by atoms with E-state index in [1.165, 1.54) is 18.2 Å². The Morgan fingerprint density at radius 3 is 2.20 bits per heavy atom. The number of carbonyl (C=O) groups excluding carboxylic acids is 3. The Morgan fingerprint density at radius 1 is 0.854 bits per heavy atom. The molecule has 4 aromatic carbocycles. The molecule has 2 aliphatic heterocycles. The van der Waals surface area contributed by atoms with Gasteiger partial charge in [0.25, 0.3) is 5.69 Å². The van der Waals surface area contributed by atoms with Gasteiger partial charge in [0.1, 0.15) is 11.5 Å². The molecule has 0 amide bonds. The number of ketones is 3. The van der Waals surface area contributed by atoms with Crippen LogP contribution in [0.3, 0.4) is 0 Å². The molecule has 1 aliphatic carbocycles. The van der Waals surface area contributed by atoms with E-state index in [0.717, 1.165) is 16.8 Å². The van der Waals surface area contributed by atoms with Crippen LogP contribution in [-0.2, 0) is 0 Å². The number of hydrogen-bond donors (Lipinski definition) is 0. The molecular weight excluding hydrogens is 516 g/mol. The normalized spacial score (nSPS) is 21.5. The van der Waals surface area contributed by atoms with Gasteiger partial charge in [-0.2, -0.15) is 0 Å². The molecule has 1 spiro atoms. The van der Waals surface area contributed by atoms with Crippen molar-refractivity contribution in [2.75, 3.05) is 4.90 Å². The van der Waals surface area contributed by atoms with E-state index in [2.05, 4.69) is 0 Å². The fraction of sp³-hybridized carbons (Fsp3) is 0.147. The first-order valence-corrected chi connectivity index (χ1v) is 13.4. The van der Waals surface area contributed by atoms with Crippen molar-refractivity contribution in [1.29, 1.82) is 0 Å². The number of nitro groups is 1. The minimum absolute atomic E-state index is 0.152. The lowest BCUT2D eigenvalue weighted by atomic mass is 9.64. The summed E-state index contributed by atoms with van der Waals surface area (Å²) in [6.07, 6.45) is 3.78. The van der Waals surface area contributed by atoms with Crippen LogP contribution in [0.4, 0.5) is 11.4 Å². The number of aryl methyl sites for hydroxylation is 1. The number of rotatable bonds is 4. The molecule has 7 heteroatoms. The maximum Gasteiger partial charge on any atom is 0.270 e. The van der Waals surface area contributed by atoms with Crippen molar-refractivity contribution in [3.05, 3.63) is 147 Å². The molecule has 0 unspecified atom stereocenters. The highest BCUT2D eigenvalue weighted by molar-refractivity contribution is 6.32. The summed E-state index contributed by atoms with van der Waals surface area (Å²) in [5.74, 6) is -1.86. The minimum atomic E-state index is -1.61. The quantitative estimate of drug-likeness (QED) is 0.132. The van der Waals surface area contributed by atoms with E-state index in [4.69, 9.17) is 0 Å². The van der Waals surface area contributed by atoms with E-state index < -0.39 is 28.3 Å². The van der Waals surface area contributed by atoms with Crippen molar-refractivity contribution < 1.29 is 19.3 Å². The fourth-order valence-corrected chi connectivity index (χ4v) is 7.01. The molecule has 0 N–H and O–H groups in total. The Morgan fingerprint density at radius 2 is 1.51 bits per heavy atom. The summed E-state index contributed by atoms with van der Waals surface area (Å²) < 4.78 is 0. The van der Waals surface area contributed by atoms with Gasteiger partial charge in [0.2, 0.25) is 0 Å². The van der Waals surface area contributed by atoms with Crippen molar-refractivity contribution in [2.45, 2.75) is 24.9 Å². The second-order valence-electron chi connectivity index (χ2n) is 10.8. The second-order valence-corrected chi connectivity index (χ2v) is 10.8. The number of anilines is 1. The van der Waals surface area contributed by atoms with Gasteiger partial charge in [0.05, 0.1) is 11.0 Å². The molecule has 41 heavy (non-hydrogen) atoms. The van der Waals surface area contributed by atoms with E-state index in [1.807, 2.05) is 72.5 Å². The summed E-state index contributed by atoms with van der Waals surface area (Å²) in [7, 11) is 0. The first-order valence-electron chi connectivity index (χ1n) is 13.4. The van der Waals surface area contributed by atoms with Crippen molar-refractivity contribution in [2.24, 2.45) is 5.41 Å². The van der Waals surface area contributed by atoms with Gasteiger partial charge < -0.3 is 4.90 Å². The summed E-state index contributed by atoms with van der Waals surface area (Å²) in [5.41, 5.74) is 2.32. The molecule has 2 heterocycles. The standard InChI is InChI=1S/C34H24N2O5/c1-20-13-15-22(16-14-20)29-30(31(37)23-8-6-9-24(19-23)36(40)41)35-27-12-5-2-7-21(27)17-18-28(35)34(29)32(38)25-10-3-4-11-26(25)33(34)39/h2-19,28-30H,1H3/t28-,29+,30+/m0/s1. The Bertz CT molecular complexity index is 1790. The lowest BCUT2D eigenvalue weighted by Crippen LogP contribution is -2.48. The number of para-hydroxylation sites is 1. The molecule has 1 saturated heterocycles. The average Bonchev–Trinajstić information content (AvgIpc) is 3.43. The van der Waals surface area contributed by atoms with Crippen molar-refractivity contribution in [3.63, 3.8) is 0 Å². The molecule has 4 aromatic rings. The number of carbonyl (C=O) groups is 3. The zero-order chi connectivity index (χ0) is 28.5. The fourth-order valence-electron chi connectivity index (χ4n) is 7.01. The summed E-state index contributed by atoms with van der Waals surface area (Å²) in [6, 6.07) is 25.9. The summed E-state index contributed by atoms with van der Waals surface area (Å²) in [4.78, 5) is 56.9. The summed E-state index contributed by atoms with van der Waals surface area (Å²) in [5, 5.41) is 11.6. The van der Waals surface area contributed by atoms with Crippen LogP contribution in [0.15, 0.2) is 103 Å². The number of fused-ring (bicyclic) bond motifs is 5. The maximum atomic E-state index is 14.7. The molecule has 0 radical (unpaired) electrons. The van der Waals surface area contributed by atoms with Crippen LogP contribution < -0.4 is 4.90 Å². The summed E-state index contributed by atoms with van der Waals surface area (Å²) >= 11 is 0. The number of non-ortho nitro benzene ring substituents is 1. The second kappa shape index (κ2) is 8.93. The van der Waals surface area contributed by atoms with E-state index in [9.17, 15) is 24.5 Å². The third kappa shape index (κ3) is 3.35. The van der Waals surface area contributed by atoms with Crippen molar-refractivity contribution in [3.8, 4) is 0 Å². The predicted octanol–water partition coefficient (Wildman–Crippen LogP) is 6.22. The van der Waals surface area contributed by atoms with Crippen molar-refractivity contribution >= 4 is 34.8 Å². The van der Waals surface area contributed by atoms with Gasteiger partial charge in [-0.1, -0.05) is 96.6 Å². The molecule has 1 fully saturated rings. The summed E-state index contributed by atoms with van der Waals surface area (Å²) in [6.45, 7) is 1.95. The number of nitrogens with zero attached hydrogens (tertiary/aromatic N) is 2. The highest BCUT2D eigenvalue weighted by Gasteiger charge is 2.71. The van der Waals surface area contributed by atoms with Gasteiger partial charge in [-0.15, -0.1) is 0 Å². The Kier molecular flexibility index (Phi) is 5.41. The Labute approximate surface area is 235 Å². The van der Waals surface area contributed by atoms with Crippen LogP contribution in [0, 0.1) is 22.5 Å². The van der Waals surface area contributed by atoms with Crippen LogP contribution >= 0.6 is 0 Å². The smallest absolute Gasteiger partial charge is 0.270 e. The van der Waals surface area contributed by atoms with E-state index >= 15 is 0 Å². The lowest BCUT2D eigenvalue weighted by Gasteiger charge is -2.37. The highest BCUT2D eigenvalue weighted by atomic mass is 16.6. The van der Waals surface area contributed by atoms with E-state index in [1.54, 1.807) is 30.3 Å². The van der Waals surface area contributed by atoms with E-state index in [0.29, 0.717) is 16.7 Å². The van der Waals surface area contributed by atoms with Gasteiger partial charge >= 0.3 is 0 Å². The first kappa shape index (κ1) is 24.8. The molecule has 0 saturated carbocycles. The largest absolute Gasteiger partial charge is 0.352 e. The van der Waals surface area contributed by atoms with Gasteiger partial charge in [-0.25, -0.2) is 0 Å². The minimum Gasteiger partial charge on any atom is -0.352 e. The number of hydrogen-bond acceptors (Lipinski definition) is 6. The third-order valence-corrected chi connectivity index (χ3v) is 8.76. The van der Waals surface area contributed by atoms with E-state index in [-0.39, 0.29) is 28.6 Å². The number of nitro benzene ring substituents is 1. The SMILES string of the molecule is Cc1ccc([C@@H]2[C@H](C(=O)c3cccc([N+](=O)[O-])c3)N3c4ccccc4C=C[C@H]3C23C(=O)c2ccccc2C3=O)cc1. The average molecular weight is 541 g/mol. The van der Waals surface area contributed by atoms with Crippen LogP contribution in [-0.4, -0.2) is 34.4 Å². The molecule has 0 aromatic heterocycles. The number of benzene rings is 4. The monoisotopic (exact) mass is 540 g/mol. The lowest BCUT2D eigenvalue weighted by molar-refractivity contribution is -0.384. The van der Waals surface area contributed by atoms with Gasteiger partial charge in [-0.05, 0) is 24.1 Å². The molecular formula is C34H24N2O5. The molecule has 7 nitrogen and oxygen atoms in total. The van der Waals surface area contributed by atoms with Gasteiger partial charge in [0.15, 0.2) is 17.3 Å². The van der Waals surface area contributed by atoms with Gasteiger partial charge in [0, 0.05) is 40.4 Å². The molecule has 7 rings (SSSR count). The molecule has 0 bridgehead atoms. The Balaban J connectivity index is 1.54. The topological polar surface area (TPSA) is 97.6 Å². The predicted molar refractivity (Wildman–Crippen MR) is 154 cm³/mol. The molecule has 200 valence electrons. The maximum absolute atomic E-state index is 14.7. The van der Waals surface area contributed by atoms with Crippen LogP contribution in [0.5, 0.6) is 0 Å². The highest BCUT2D eigenvalue weighted by Crippen LogP contribution is 2.61. The first-order chi connectivity index (χ1) is 19.8. The van der Waals surface area contributed by atoms with Crippen LogP contribution in [0.1, 0.15) is 53.7 Å². The third-order valence-electron chi connectivity index (χ3n) is 8.76. The zero-order valence-electron chi connectivity index (χ0n) is 22.1. The zero-order valence-corrected chi connectivity index (χ0v) is 22.1. The molecule has 3 aliphatic rings. The van der Waals surface area contributed by atoms with Crippen LogP contribution in [0.2, 0.25) is 0 Å². The number of Topliss-reactive ketones (excluding diaryl/α,β-unsaturated/α-hetero) is 3. The molecule has 3 atom stereocenters. The Hall–Kier alpha value is -5.17. The van der Waals surface area contributed by atoms with Crippen molar-refractivity contribution in [1.82, 2.24) is 0 Å². The van der Waals surface area contributed by atoms with Crippen LogP contribution in [0.25, 0.3) is 6.08 Å². The van der Waals surface area contributed by atoms with Gasteiger partial charge in [-0.3, -0.25) is 24.5 Å².